The Morgan fingerprint density at radius 1 is 1.33 bits per heavy atom. The van der Waals surface area contributed by atoms with Gasteiger partial charge in [0.1, 0.15) is 5.69 Å². The van der Waals surface area contributed by atoms with Crippen LogP contribution in [0.15, 0.2) is 12.5 Å². The minimum absolute atomic E-state index is 0.422. The average Bonchev–Trinajstić information content (AvgIpc) is 2.66. The first-order valence-corrected chi connectivity index (χ1v) is 5.25. The SMILES string of the molecule is NCCCCCCn1cncc1C(N)=O. The molecule has 0 fully saturated rings. The van der Waals surface area contributed by atoms with Gasteiger partial charge in [0, 0.05) is 6.54 Å². The number of amides is 1. The van der Waals surface area contributed by atoms with Crippen LogP contribution in [0.1, 0.15) is 36.2 Å². The van der Waals surface area contributed by atoms with Crippen LogP contribution >= 0.6 is 0 Å². The molecular weight excluding hydrogens is 192 g/mol. The summed E-state index contributed by atoms with van der Waals surface area (Å²) in [6.07, 6.45) is 7.49. The molecular formula is C10H18N4O. The summed E-state index contributed by atoms with van der Waals surface area (Å²) in [6, 6.07) is 0. The molecule has 0 bridgehead atoms. The number of hydrogen-bond donors (Lipinski definition) is 2. The van der Waals surface area contributed by atoms with Crippen molar-refractivity contribution in [3.05, 3.63) is 18.2 Å². The van der Waals surface area contributed by atoms with Crippen molar-refractivity contribution in [1.82, 2.24) is 9.55 Å². The highest BCUT2D eigenvalue weighted by atomic mass is 16.1. The van der Waals surface area contributed by atoms with E-state index in [0.717, 1.165) is 38.8 Å². The molecule has 0 aromatic carbocycles. The van der Waals surface area contributed by atoms with Gasteiger partial charge in [-0.25, -0.2) is 4.98 Å². The zero-order chi connectivity index (χ0) is 11.1. The molecule has 1 amide bonds. The predicted molar refractivity (Wildman–Crippen MR) is 58.3 cm³/mol. The van der Waals surface area contributed by atoms with E-state index in [1.165, 1.54) is 6.20 Å². The Morgan fingerprint density at radius 2 is 2.07 bits per heavy atom. The van der Waals surface area contributed by atoms with Crippen molar-refractivity contribution in [2.75, 3.05) is 6.54 Å². The van der Waals surface area contributed by atoms with Crippen LogP contribution in [0.25, 0.3) is 0 Å². The summed E-state index contributed by atoms with van der Waals surface area (Å²) in [6.45, 7) is 1.54. The largest absolute Gasteiger partial charge is 0.364 e. The van der Waals surface area contributed by atoms with Gasteiger partial charge >= 0.3 is 0 Å². The third-order valence-electron chi connectivity index (χ3n) is 2.32. The maximum Gasteiger partial charge on any atom is 0.266 e. The molecule has 1 aromatic rings. The molecule has 15 heavy (non-hydrogen) atoms. The third-order valence-corrected chi connectivity index (χ3v) is 2.32. The maximum absolute atomic E-state index is 11.0. The van der Waals surface area contributed by atoms with E-state index < -0.39 is 5.91 Å². The Hall–Kier alpha value is -1.36. The van der Waals surface area contributed by atoms with Gasteiger partial charge in [0.25, 0.3) is 5.91 Å². The number of carbonyl (C=O) groups excluding carboxylic acids is 1. The minimum atomic E-state index is -0.422. The van der Waals surface area contributed by atoms with Crippen LogP contribution in [0.2, 0.25) is 0 Å². The summed E-state index contributed by atoms with van der Waals surface area (Å²) in [7, 11) is 0. The van der Waals surface area contributed by atoms with Crippen LogP contribution in [0.3, 0.4) is 0 Å². The summed E-state index contributed by atoms with van der Waals surface area (Å²) in [4.78, 5) is 14.9. The van der Waals surface area contributed by atoms with Gasteiger partial charge in [-0.15, -0.1) is 0 Å². The number of rotatable bonds is 7. The lowest BCUT2D eigenvalue weighted by molar-refractivity contribution is 0.0991. The lowest BCUT2D eigenvalue weighted by Crippen LogP contribution is -2.16. The first kappa shape index (κ1) is 11.7. The fourth-order valence-electron chi connectivity index (χ4n) is 1.48. The van der Waals surface area contributed by atoms with E-state index in [9.17, 15) is 4.79 Å². The highest BCUT2D eigenvalue weighted by Gasteiger charge is 2.06. The van der Waals surface area contributed by atoms with Gasteiger partial charge in [0.05, 0.1) is 12.5 Å². The molecule has 0 atom stereocenters. The Morgan fingerprint density at radius 3 is 2.73 bits per heavy atom. The summed E-state index contributed by atoms with van der Waals surface area (Å²) >= 11 is 0. The van der Waals surface area contributed by atoms with Crippen LogP contribution in [0.5, 0.6) is 0 Å². The number of nitrogens with two attached hydrogens (primary N) is 2. The molecule has 0 unspecified atom stereocenters. The Bertz CT molecular complexity index is 308. The number of primary amides is 1. The van der Waals surface area contributed by atoms with Gasteiger partial charge in [-0.3, -0.25) is 4.79 Å². The Balaban J connectivity index is 2.31. The molecule has 0 saturated carbocycles. The van der Waals surface area contributed by atoms with Crippen molar-refractivity contribution < 1.29 is 4.79 Å². The zero-order valence-electron chi connectivity index (χ0n) is 8.85. The van der Waals surface area contributed by atoms with Gasteiger partial charge in [-0.1, -0.05) is 12.8 Å². The topological polar surface area (TPSA) is 86.9 Å². The molecule has 0 aliphatic rings. The molecule has 5 heteroatoms. The first-order chi connectivity index (χ1) is 7.25. The predicted octanol–water partition coefficient (Wildman–Crippen LogP) is 0.501. The summed E-state index contributed by atoms with van der Waals surface area (Å²) < 4.78 is 1.80. The number of aryl methyl sites for hydroxylation is 1. The highest BCUT2D eigenvalue weighted by molar-refractivity contribution is 5.90. The van der Waals surface area contributed by atoms with Crippen molar-refractivity contribution in [3.63, 3.8) is 0 Å². The lowest BCUT2D eigenvalue weighted by Gasteiger charge is -2.04. The summed E-state index contributed by atoms with van der Waals surface area (Å²) in [5.74, 6) is -0.422. The molecule has 0 radical (unpaired) electrons. The second kappa shape index (κ2) is 6.19. The number of aromatic nitrogens is 2. The van der Waals surface area contributed by atoms with E-state index in [0.29, 0.717) is 5.69 Å². The monoisotopic (exact) mass is 210 g/mol. The van der Waals surface area contributed by atoms with Crippen molar-refractivity contribution in [2.24, 2.45) is 11.5 Å². The second-order valence-electron chi connectivity index (χ2n) is 3.54. The average molecular weight is 210 g/mol. The van der Waals surface area contributed by atoms with Gasteiger partial charge in [-0.05, 0) is 19.4 Å². The van der Waals surface area contributed by atoms with E-state index in [1.54, 1.807) is 10.9 Å². The maximum atomic E-state index is 11.0. The highest BCUT2D eigenvalue weighted by Crippen LogP contribution is 2.04. The molecule has 0 aliphatic carbocycles. The lowest BCUT2D eigenvalue weighted by atomic mass is 10.2. The fourth-order valence-corrected chi connectivity index (χ4v) is 1.48. The molecule has 0 saturated heterocycles. The number of carbonyl (C=O) groups is 1. The molecule has 1 aromatic heterocycles. The summed E-state index contributed by atoms with van der Waals surface area (Å²) in [5, 5.41) is 0. The van der Waals surface area contributed by atoms with Gasteiger partial charge in [0.15, 0.2) is 0 Å². The molecule has 4 N–H and O–H groups in total. The Kier molecular flexibility index (Phi) is 4.83. The minimum Gasteiger partial charge on any atom is -0.364 e. The first-order valence-electron chi connectivity index (χ1n) is 5.25. The quantitative estimate of drug-likeness (QED) is 0.642. The number of nitrogens with zero attached hydrogens (tertiary/aromatic N) is 2. The van der Waals surface area contributed by atoms with Gasteiger partial charge < -0.3 is 16.0 Å². The Labute approximate surface area is 89.5 Å². The van der Waals surface area contributed by atoms with E-state index >= 15 is 0 Å². The molecule has 5 nitrogen and oxygen atoms in total. The fraction of sp³-hybridized carbons (Fsp3) is 0.600. The van der Waals surface area contributed by atoms with Crippen LogP contribution in [-0.4, -0.2) is 22.0 Å². The summed E-state index contributed by atoms with van der Waals surface area (Å²) in [5.41, 5.74) is 11.1. The van der Waals surface area contributed by atoms with E-state index in [1.807, 2.05) is 0 Å². The van der Waals surface area contributed by atoms with E-state index in [-0.39, 0.29) is 0 Å². The molecule has 84 valence electrons. The normalized spacial score (nSPS) is 10.5. The van der Waals surface area contributed by atoms with Crippen molar-refractivity contribution in [1.29, 1.82) is 0 Å². The smallest absolute Gasteiger partial charge is 0.266 e. The van der Waals surface area contributed by atoms with Crippen molar-refractivity contribution in [3.8, 4) is 0 Å². The van der Waals surface area contributed by atoms with E-state index in [2.05, 4.69) is 4.98 Å². The van der Waals surface area contributed by atoms with Crippen LogP contribution in [0, 0.1) is 0 Å². The number of unbranched alkanes of at least 4 members (excludes halogenated alkanes) is 3. The molecule has 0 aliphatic heterocycles. The van der Waals surface area contributed by atoms with Gasteiger partial charge in [0.2, 0.25) is 0 Å². The van der Waals surface area contributed by atoms with Crippen molar-refractivity contribution >= 4 is 5.91 Å². The van der Waals surface area contributed by atoms with Crippen LogP contribution < -0.4 is 11.5 Å². The van der Waals surface area contributed by atoms with E-state index in [4.69, 9.17) is 11.5 Å². The standard InChI is InChI=1S/C10H18N4O/c11-5-3-1-2-4-6-14-8-13-7-9(14)10(12)15/h7-8H,1-6,11H2,(H2,12,15). The number of imidazole rings is 1. The van der Waals surface area contributed by atoms with Gasteiger partial charge in [-0.2, -0.15) is 0 Å². The van der Waals surface area contributed by atoms with Crippen LogP contribution in [0.4, 0.5) is 0 Å². The van der Waals surface area contributed by atoms with Crippen molar-refractivity contribution in [2.45, 2.75) is 32.2 Å². The zero-order valence-corrected chi connectivity index (χ0v) is 8.85. The molecule has 1 rings (SSSR count). The number of hydrogen-bond acceptors (Lipinski definition) is 3. The van der Waals surface area contributed by atoms with Crippen LogP contribution in [-0.2, 0) is 6.54 Å². The third kappa shape index (κ3) is 3.71. The molecule has 1 heterocycles. The second-order valence-corrected chi connectivity index (χ2v) is 3.54. The molecule has 0 spiro atoms.